The molecule has 0 aliphatic rings. The van der Waals surface area contributed by atoms with E-state index >= 15 is 0 Å². The molecule has 6 aromatic carbocycles. The number of aryl methyl sites for hydroxylation is 2. The fourth-order valence-corrected chi connectivity index (χ4v) is 7.42. The van der Waals surface area contributed by atoms with Gasteiger partial charge in [-0.05, 0) is 76.6 Å². The minimum Gasteiger partial charge on any atom is -0.455 e. The number of furan rings is 1. The highest BCUT2D eigenvalue weighted by Crippen LogP contribution is 2.44. The molecule has 0 N–H and O–H groups in total. The molecular formula is C43H39N2O+. The lowest BCUT2D eigenvalue weighted by Crippen LogP contribution is -2.30. The van der Waals surface area contributed by atoms with E-state index in [1.54, 1.807) is 0 Å². The molecule has 0 fully saturated rings. The van der Waals surface area contributed by atoms with Crippen LogP contribution in [0.1, 0.15) is 56.2 Å². The lowest BCUT2D eigenvalue weighted by molar-refractivity contribution is -0.633. The van der Waals surface area contributed by atoms with E-state index in [0.717, 1.165) is 27.9 Å². The number of hydrogen-bond donors (Lipinski definition) is 0. The van der Waals surface area contributed by atoms with E-state index in [2.05, 4.69) is 166 Å². The highest BCUT2D eigenvalue weighted by Gasteiger charge is 2.34. The Kier molecular flexibility index (Phi) is 6.61. The van der Waals surface area contributed by atoms with E-state index < -0.39 is 0 Å². The van der Waals surface area contributed by atoms with Crippen molar-refractivity contribution in [1.29, 1.82) is 0 Å². The number of aromatic nitrogens is 2. The van der Waals surface area contributed by atoms with Crippen LogP contribution >= 0.6 is 0 Å². The largest absolute Gasteiger partial charge is 0.455 e. The van der Waals surface area contributed by atoms with Gasteiger partial charge in [-0.3, -0.25) is 0 Å². The molecule has 0 spiro atoms. The molecule has 0 bridgehead atoms. The van der Waals surface area contributed by atoms with E-state index in [1.165, 1.54) is 60.7 Å². The summed E-state index contributed by atoms with van der Waals surface area (Å²) in [7, 11) is 2.20. The van der Waals surface area contributed by atoms with E-state index in [9.17, 15) is 0 Å². The molecule has 0 radical (unpaired) electrons. The van der Waals surface area contributed by atoms with Crippen molar-refractivity contribution in [2.75, 3.05) is 0 Å². The average molecular weight is 600 g/mol. The van der Waals surface area contributed by atoms with Crippen molar-refractivity contribution in [3.05, 3.63) is 132 Å². The number of fused-ring (bicyclic) bond motifs is 6. The zero-order chi connectivity index (χ0) is 31.7. The smallest absolute Gasteiger partial charge is 0.299 e. The summed E-state index contributed by atoms with van der Waals surface area (Å²) in [5, 5.41) is 4.77. The molecule has 0 aliphatic heterocycles. The van der Waals surface area contributed by atoms with E-state index in [4.69, 9.17) is 4.42 Å². The molecule has 0 amide bonds. The molecule has 0 unspecified atom stereocenters. The molecule has 226 valence electrons. The molecule has 8 rings (SSSR count). The van der Waals surface area contributed by atoms with Crippen LogP contribution in [0, 0.1) is 6.92 Å². The standard InChI is InChI=1S/C43H39N2O/c1-26(2)34-24-31(29-14-8-7-9-15-29)25-35(27(3)4)41(34)45-37-19-13-12-18-36(37)44(6)43(45)39-28(5)20-22-33-40-32-17-11-10-16-30(32)21-23-38(40)46-42(33)39/h7-27H,1-6H3/q+1. The second-order valence-electron chi connectivity index (χ2n) is 13.3. The summed E-state index contributed by atoms with van der Waals surface area (Å²) >= 11 is 0. The van der Waals surface area contributed by atoms with E-state index in [0.29, 0.717) is 11.8 Å². The van der Waals surface area contributed by atoms with Crippen LogP contribution in [0.4, 0.5) is 0 Å². The third-order valence-electron chi connectivity index (χ3n) is 9.72. The molecule has 8 aromatic rings. The van der Waals surface area contributed by atoms with Gasteiger partial charge in [0, 0.05) is 21.9 Å². The minimum absolute atomic E-state index is 0.310. The Morgan fingerprint density at radius 3 is 2.07 bits per heavy atom. The van der Waals surface area contributed by atoms with Gasteiger partial charge in [-0.1, -0.05) is 113 Å². The van der Waals surface area contributed by atoms with Gasteiger partial charge in [0.25, 0.3) is 5.82 Å². The Morgan fingerprint density at radius 2 is 1.33 bits per heavy atom. The molecular weight excluding hydrogens is 560 g/mol. The maximum absolute atomic E-state index is 6.87. The zero-order valence-electron chi connectivity index (χ0n) is 27.4. The van der Waals surface area contributed by atoms with E-state index in [-0.39, 0.29) is 0 Å². The van der Waals surface area contributed by atoms with Gasteiger partial charge in [-0.15, -0.1) is 0 Å². The normalized spacial score (nSPS) is 12.1. The van der Waals surface area contributed by atoms with Gasteiger partial charge in [-0.25, -0.2) is 4.57 Å². The van der Waals surface area contributed by atoms with Crippen LogP contribution < -0.4 is 4.57 Å². The molecule has 3 heteroatoms. The van der Waals surface area contributed by atoms with Crippen molar-refractivity contribution < 1.29 is 8.98 Å². The van der Waals surface area contributed by atoms with Crippen molar-refractivity contribution in [3.63, 3.8) is 0 Å². The van der Waals surface area contributed by atoms with Crippen molar-refractivity contribution in [2.24, 2.45) is 7.05 Å². The monoisotopic (exact) mass is 599 g/mol. The Bertz CT molecular complexity index is 2410. The van der Waals surface area contributed by atoms with Crippen LogP contribution in [0.25, 0.3) is 71.9 Å². The molecule has 0 saturated carbocycles. The molecule has 46 heavy (non-hydrogen) atoms. The van der Waals surface area contributed by atoms with Crippen LogP contribution in [0.3, 0.4) is 0 Å². The summed E-state index contributed by atoms with van der Waals surface area (Å²) < 4.78 is 11.8. The first kappa shape index (κ1) is 28.3. The summed E-state index contributed by atoms with van der Waals surface area (Å²) in [5.41, 5.74) is 13.0. The highest BCUT2D eigenvalue weighted by atomic mass is 16.3. The van der Waals surface area contributed by atoms with Gasteiger partial charge in [0.15, 0.2) is 16.6 Å². The molecule has 0 saturated heterocycles. The summed E-state index contributed by atoms with van der Waals surface area (Å²) in [6.07, 6.45) is 0. The quantitative estimate of drug-likeness (QED) is 0.180. The Labute approximate surface area is 270 Å². The number of imidazole rings is 1. The number of hydrogen-bond acceptors (Lipinski definition) is 1. The van der Waals surface area contributed by atoms with Gasteiger partial charge >= 0.3 is 0 Å². The second-order valence-corrected chi connectivity index (χ2v) is 13.3. The fraction of sp³-hybridized carbons (Fsp3) is 0.186. The van der Waals surface area contributed by atoms with Crippen molar-refractivity contribution in [1.82, 2.24) is 4.57 Å². The van der Waals surface area contributed by atoms with Crippen LogP contribution in [-0.2, 0) is 7.05 Å². The Morgan fingerprint density at radius 1 is 0.652 bits per heavy atom. The summed E-state index contributed by atoms with van der Waals surface area (Å²) in [5.74, 6) is 1.75. The third-order valence-corrected chi connectivity index (χ3v) is 9.72. The average Bonchev–Trinajstić information content (AvgIpc) is 3.59. The summed E-state index contributed by atoms with van der Waals surface area (Å²) in [4.78, 5) is 0. The van der Waals surface area contributed by atoms with Gasteiger partial charge in [0.05, 0.1) is 7.05 Å². The maximum atomic E-state index is 6.87. The zero-order valence-corrected chi connectivity index (χ0v) is 27.4. The second kappa shape index (κ2) is 10.7. The topological polar surface area (TPSA) is 21.9 Å². The maximum Gasteiger partial charge on any atom is 0.299 e. The summed E-state index contributed by atoms with van der Waals surface area (Å²) in [6.45, 7) is 11.5. The van der Waals surface area contributed by atoms with Crippen LogP contribution in [0.2, 0.25) is 0 Å². The van der Waals surface area contributed by atoms with Crippen LogP contribution in [-0.4, -0.2) is 4.57 Å². The highest BCUT2D eigenvalue weighted by molar-refractivity contribution is 6.20. The third kappa shape index (κ3) is 4.22. The molecule has 2 aromatic heterocycles. The fourth-order valence-electron chi connectivity index (χ4n) is 7.42. The lowest BCUT2D eigenvalue weighted by Gasteiger charge is -2.21. The predicted octanol–water partition coefficient (Wildman–Crippen LogP) is 11.4. The van der Waals surface area contributed by atoms with Crippen LogP contribution in [0.5, 0.6) is 0 Å². The number of para-hydroxylation sites is 2. The Hall–Kier alpha value is -5.15. The van der Waals surface area contributed by atoms with E-state index in [1.807, 2.05) is 0 Å². The van der Waals surface area contributed by atoms with Crippen molar-refractivity contribution >= 4 is 43.7 Å². The van der Waals surface area contributed by atoms with Gasteiger partial charge in [0.2, 0.25) is 0 Å². The van der Waals surface area contributed by atoms with Crippen molar-refractivity contribution in [2.45, 2.75) is 46.5 Å². The number of nitrogens with zero attached hydrogens (tertiary/aromatic N) is 2. The molecule has 0 atom stereocenters. The van der Waals surface area contributed by atoms with Gasteiger partial charge < -0.3 is 4.42 Å². The molecule has 0 aliphatic carbocycles. The summed E-state index contributed by atoms with van der Waals surface area (Å²) in [6, 6.07) is 41.8. The first-order valence-electron chi connectivity index (χ1n) is 16.4. The van der Waals surface area contributed by atoms with Crippen LogP contribution in [0.15, 0.2) is 120 Å². The lowest BCUT2D eigenvalue weighted by atomic mass is 9.88. The SMILES string of the molecule is Cc1ccc2c(oc3ccc4ccccc4c32)c1-c1n(-c2c(C(C)C)cc(-c3ccccc3)cc2C(C)C)c2ccccc2[n+]1C. The predicted molar refractivity (Wildman–Crippen MR) is 193 cm³/mol. The first-order valence-corrected chi connectivity index (χ1v) is 16.4. The molecule has 2 heterocycles. The number of benzene rings is 6. The molecule has 3 nitrogen and oxygen atoms in total. The van der Waals surface area contributed by atoms with Crippen molar-refractivity contribution in [3.8, 4) is 28.2 Å². The van der Waals surface area contributed by atoms with Gasteiger partial charge in [-0.2, -0.15) is 4.57 Å². The Balaban J connectivity index is 1.53. The number of rotatable bonds is 5. The van der Waals surface area contributed by atoms with Gasteiger partial charge in [0.1, 0.15) is 16.8 Å². The first-order chi connectivity index (χ1) is 22.3. The minimum atomic E-state index is 0.310.